The van der Waals surface area contributed by atoms with Gasteiger partial charge in [0.2, 0.25) is 16.0 Å². The average Bonchev–Trinajstić information content (AvgIpc) is 3.54. The molecule has 0 bridgehead atoms. The van der Waals surface area contributed by atoms with Gasteiger partial charge in [-0.05, 0) is 49.4 Å². The van der Waals surface area contributed by atoms with Gasteiger partial charge in [0.15, 0.2) is 0 Å². The first-order chi connectivity index (χ1) is 16.5. The van der Waals surface area contributed by atoms with Crippen LogP contribution >= 0.6 is 0 Å². The fourth-order valence-electron chi connectivity index (χ4n) is 4.90. The van der Waals surface area contributed by atoms with Crippen molar-refractivity contribution in [1.82, 2.24) is 9.62 Å². The zero-order chi connectivity index (χ0) is 25.5. The van der Waals surface area contributed by atoms with Gasteiger partial charge in [0.25, 0.3) is 5.91 Å². The van der Waals surface area contributed by atoms with Crippen molar-refractivity contribution in [3.05, 3.63) is 59.4 Å². The van der Waals surface area contributed by atoms with Gasteiger partial charge in [-0.25, -0.2) is 30.7 Å². The Kier molecular flexibility index (Phi) is 6.96. The lowest BCUT2D eigenvalue weighted by Gasteiger charge is -2.30. The van der Waals surface area contributed by atoms with Gasteiger partial charge >= 0.3 is 0 Å². The summed E-state index contributed by atoms with van der Waals surface area (Å²) in [4.78, 5) is 14.6. The summed E-state index contributed by atoms with van der Waals surface area (Å²) in [6.07, 6.45) is 0.329. The standard InChI is InChI=1S/C24H26F4N2O4S/c1-14(34-2)23(31)30-12-24(6-7-24)22(29-35(32,33)13-25)20(30)10-15-4-3-5-19(21(15)28)16-8-17(26)11-18(27)9-16/h3-5,8-9,11,14,20,22,29H,6-7,10,12-13H2,1-2H3/t14-,20-,22+/m0/s1. The van der Waals surface area contributed by atoms with Crippen LogP contribution in [-0.2, 0) is 26.0 Å². The second kappa shape index (κ2) is 9.51. The first kappa shape index (κ1) is 25.6. The van der Waals surface area contributed by atoms with Gasteiger partial charge in [-0.1, -0.05) is 18.2 Å². The largest absolute Gasteiger partial charge is 0.372 e. The number of carbonyl (C=O) groups is 1. The molecule has 2 aliphatic rings. The van der Waals surface area contributed by atoms with E-state index in [1.807, 2.05) is 0 Å². The third-order valence-corrected chi connectivity index (χ3v) is 7.84. The number of alkyl halides is 1. The molecule has 1 saturated carbocycles. The van der Waals surface area contributed by atoms with Crippen molar-refractivity contribution in [1.29, 1.82) is 0 Å². The van der Waals surface area contributed by atoms with E-state index in [1.54, 1.807) is 6.92 Å². The number of carbonyl (C=O) groups excluding carboxylic acids is 1. The van der Waals surface area contributed by atoms with Crippen molar-refractivity contribution in [2.75, 3.05) is 19.7 Å². The Morgan fingerprint density at radius 3 is 2.43 bits per heavy atom. The number of benzene rings is 2. The second-order valence-electron chi connectivity index (χ2n) is 9.23. The molecule has 1 aliphatic carbocycles. The predicted octanol–water partition coefficient (Wildman–Crippen LogP) is 3.55. The molecule has 1 aliphatic heterocycles. The van der Waals surface area contributed by atoms with E-state index in [4.69, 9.17) is 4.74 Å². The van der Waals surface area contributed by atoms with E-state index in [-0.39, 0.29) is 29.7 Å². The van der Waals surface area contributed by atoms with E-state index < -0.39 is 63.0 Å². The molecule has 0 radical (unpaired) electrons. The Labute approximate surface area is 201 Å². The zero-order valence-electron chi connectivity index (χ0n) is 19.2. The minimum atomic E-state index is -4.27. The summed E-state index contributed by atoms with van der Waals surface area (Å²) < 4.78 is 88.1. The molecular weight excluding hydrogens is 488 g/mol. The van der Waals surface area contributed by atoms with Crippen LogP contribution in [-0.4, -0.2) is 57.1 Å². The highest BCUT2D eigenvalue weighted by atomic mass is 32.2. The van der Waals surface area contributed by atoms with E-state index in [1.165, 1.54) is 30.2 Å². The highest BCUT2D eigenvalue weighted by Crippen LogP contribution is 2.55. The molecule has 3 atom stereocenters. The van der Waals surface area contributed by atoms with Gasteiger partial charge in [0, 0.05) is 36.7 Å². The quantitative estimate of drug-likeness (QED) is 0.547. The highest BCUT2D eigenvalue weighted by molar-refractivity contribution is 7.89. The monoisotopic (exact) mass is 514 g/mol. The third kappa shape index (κ3) is 5.07. The van der Waals surface area contributed by atoms with Crippen LogP contribution in [0.25, 0.3) is 11.1 Å². The number of halogens is 4. The van der Waals surface area contributed by atoms with Crippen LogP contribution in [0.3, 0.4) is 0 Å². The summed E-state index contributed by atoms with van der Waals surface area (Å²) in [6.45, 7) is 1.78. The average molecular weight is 515 g/mol. The Hall–Kier alpha value is -2.50. The maximum Gasteiger partial charge on any atom is 0.251 e. The molecule has 2 aromatic rings. The molecule has 2 aromatic carbocycles. The van der Waals surface area contributed by atoms with Gasteiger partial charge in [0.1, 0.15) is 23.6 Å². The Bertz CT molecular complexity index is 1220. The second-order valence-corrected chi connectivity index (χ2v) is 10.9. The predicted molar refractivity (Wildman–Crippen MR) is 121 cm³/mol. The van der Waals surface area contributed by atoms with E-state index in [9.17, 15) is 26.4 Å². The first-order valence-corrected chi connectivity index (χ1v) is 12.8. The fourth-order valence-corrected chi connectivity index (χ4v) is 5.76. The maximum atomic E-state index is 15.6. The van der Waals surface area contributed by atoms with Gasteiger partial charge in [0.05, 0.1) is 6.04 Å². The lowest BCUT2D eigenvalue weighted by atomic mass is 9.91. The van der Waals surface area contributed by atoms with Crippen LogP contribution in [0.2, 0.25) is 0 Å². The normalized spacial score (nSPS) is 21.9. The molecule has 1 amide bonds. The van der Waals surface area contributed by atoms with Crippen molar-refractivity contribution < 1.29 is 35.5 Å². The molecule has 1 spiro atoms. The van der Waals surface area contributed by atoms with Crippen molar-refractivity contribution in [2.24, 2.45) is 5.41 Å². The summed E-state index contributed by atoms with van der Waals surface area (Å²) in [5.74, 6) is -2.85. The highest BCUT2D eigenvalue weighted by Gasteiger charge is 2.61. The van der Waals surface area contributed by atoms with Crippen molar-refractivity contribution in [3.63, 3.8) is 0 Å². The van der Waals surface area contributed by atoms with E-state index >= 15 is 4.39 Å². The number of amides is 1. The number of nitrogens with zero attached hydrogens (tertiary/aromatic N) is 1. The van der Waals surface area contributed by atoms with Crippen LogP contribution < -0.4 is 4.72 Å². The maximum absolute atomic E-state index is 15.6. The number of likely N-dealkylation sites (tertiary alicyclic amines) is 1. The van der Waals surface area contributed by atoms with Crippen LogP contribution in [0.1, 0.15) is 25.3 Å². The number of hydrogen-bond acceptors (Lipinski definition) is 4. The Morgan fingerprint density at radius 2 is 1.86 bits per heavy atom. The lowest BCUT2D eigenvalue weighted by molar-refractivity contribution is -0.142. The van der Waals surface area contributed by atoms with Crippen molar-refractivity contribution in [2.45, 2.75) is 44.4 Å². The third-order valence-electron chi connectivity index (χ3n) is 6.94. The molecule has 0 aromatic heterocycles. The van der Waals surface area contributed by atoms with Crippen LogP contribution in [0.5, 0.6) is 0 Å². The SMILES string of the molecule is CO[C@@H](C)C(=O)N1CC2(CC2)[C@H](NS(=O)(=O)CF)[C@@H]1Cc1cccc(-c2cc(F)cc(F)c2)c1F. The molecule has 2 fully saturated rings. The van der Waals surface area contributed by atoms with Crippen LogP contribution in [0.4, 0.5) is 17.6 Å². The van der Waals surface area contributed by atoms with Gasteiger partial charge < -0.3 is 9.64 Å². The molecule has 6 nitrogen and oxygen atoms in total. The molecule has 190 valence electrons. The molecule has 1 heterocycles. The summed E-state index contributed by atoms with van der Waals surface area (Å²) in [5, 5.41) is 0. The van der Waals surface area contributed by atoms with Gasteiger partial charge in [-0.2, -0.15) is 0 Å². The van der Waals surface area contributed by atoms with Crippen molar-refractivity contribution in [3.8, 4) is 11.1 Å². The first-order valence-electron chi connectivity index (χ1n) is 11.1. The molecule has 1 N–H and O–H groups in total. The minimum Gasteiger partial charge on any atom is -0.372 e. The molecule has 0 unspecified atom stereocenters. The summed E-state index contributed by atoms with van der Waals surface area (Å²) in [6, 6.07) is 3.79. The number of hydrogen-bond donors (Lipinski definition) is 1. The van der Waals surface area contributed by atoms with Gasteiger partial charge in [-0.3, -0.25) is 4.79 Å². The number of sulfonamides is 1. The minimum absolute atomic E-state index is 0.00237. The summed E-state index contributed by atoms with van der Waals surface area (Å²) in [7, 11) is -2.90. The molecular formula is C24H26F4N2O4S. The van der Waals surface area contributed by atoms with Crippen LogP contribution in [0.15, 0.2) is 36.4 Å². The van der Waals surface area contributed by atoms with Gasteiger partial charge in [-0.15, -0.1) is 0 Å². The summed E-state index contributed by atoms with van der Waals surface area (Å²) in [5.41, 5.74) is -0.482. The number of methoxy groups -OCH3 is 1. The van der Waals surface area contributed by atoms with Crippen LogP contribution in [0, 0.1) is 22.9 Å². The lowest BCUT2D eigenvalue weighted by Crippen LogP contribution is -2.51. The molecule has 4 rings (SSSR count). The Balaban J connectivity index is 1.74. The molecule has 35 heavy (non-hydrogen) atoms. The molecule has 11 heteroatoms. The topological polar surface area (TPSA) is 75.7 Å². The summed E-state index contributed by atoms with van der Waals surface area (Å²) >= 11 is 0. The van der Waals surface area contributed by atoms with E-state index in [0.717, 1.165) is 12.1 Å². The molecule has 1 saturated heterocycles. The van der Waals surface area contributed by atoms with E-state index in [0.29, 0.717) is 18.9 Å². The van der Waals surface area contributed by atoms with E-state index in [2.05, 4.69) is 4.72 Å². The van der Waals surface area contributed by atoms with Crippen molar-refractivity contribution >= 4 is 15.9 Å². The fraction of sp³-hybridized carbons (Fsp3) is 0.458. The number of ether oxygens (including phenoxy) is 1. The number of nitrogens with one attached hydrogen (secondary N) is 1. The zero-order valence-corrected chi connectivity index (χ0v) is 20.0. The number of rotatable bonds is 8. The Morgan fingerprint density at radius 1 is 1.20 bits per heavy atom. The smallest absolute Gasteiger partial charge is 0.251 e.